The second-order valence-electron chi connectivity index (χ2n) is 6.35. The van der Waals surface area contributed by atoms with Crippen molar-refractivity contribution in [2.24, 2.45) is 0 Å². The normalized spacial score (nSPS) is 16.0. The second kappa shape index (κ2) is 7.30. The smallest absolute Gasteiger partial charge is 0.243 e. The summed E-state index contributed by atoms with van der Waals surface area (Å²) in [5.41, 5.74) is 1.79. The molecule has 1 saturated heterocycles. The molecule has 1 aliphatic heterocycles. The molecule has 1 aliphatic rings. The summed E-state index contributed by atoms with van der Waals surface area (Å²) >= 11 is 1.59. The highest BCUT2D eigenvalue weighted by Gasteiger charge is 2.25. The zero-order chi connectivity index (χ0) is 18.0. The molecule has 0 amide bonds. The third-order valence-electron chi connectivity index (χ3n) is 4.53. The lowest BCUT2D eigenvalue weighted by Gasteiger charge is -2.25. The maximum absolute atomic E-state index is 12.7. The van der Waals surface area contributed by atoms with E-state index < -0.39 is 10.0 Å². The molecular formula is C18H20N4O2S2. The summed E-state index contributed by atoms with van der Waals surface area (Å²) in [5, 5.41) is 2.99. The van der Waals surface area contributed by atoms with Crippen molar-refractivity contribution >= 4 is 21.4 Å². The summed E-state index contributed by atoms with van der Waals surface area (Å²) in [4.78, 5) is 9.04. The molecule has 1 aromatic carbocycles. The lowest BCUT2D eigenvalue weighted by molar-refractivity contribution is 0.346. The topological polar surface area (TPSA) is 68.1 Å². The molecule has 0 atom stereocenters. The van der Waals surface area contributed by atoms with Gasteiger partial charge in [-0.15, -0.1) is 11.3 Å². The van der Waals surface area contributed by atoms with Crippen LogP contribution >= 0.6 is 11.3 Å². The third kappa shape index (κ3) is 3.58. The lowest BCUT2D eigenvalue weighted by Crippen LogP contribution is -2.35. The van der Waals surface area contributed by atoms with Gasteiger partial charge in [0.1, 0.15) is 5.01 Å². The molecule has 0 saturated carbocycles. The summed E-state index contributed by atoms with van der Waals surface area (Å²) in [6.45, 7) is 1.92. The monoisotopic (exact) mass is 388 g/mol. The van der Waals surface area contributed by atoms with Gasteiger partial charge >= 0.3 is 0 Å². The van der Waals surface area contributed by atoms with E-state index in [-0.39, 0.29) is 0 Å². The van der Waals surface area contributed by atoms with Crippen LogP contribution in [-0.4, -0.2) is 40.3 Å². The molecule has 8 heteroatoms. The molecule has 0 N–H and O–H groups in total. The van der Waals surface area contributed by atoms with E-state index in [0.29, 0.717) is 24.5 Å². The summed E-state index contributed by atoms with van der Waals surface area (Å²) in [6, 6.07) is 7.06. The van der Waals surface area contributed by atoms with Crippen molar-refractivity contribution < 1.29 is 8.42 Å². The highest BCUT2D eigenvalue weighted by Crippen LogP contribution is 2.26. The number of hydrogen-bond acceptors (Lipinski definition) is 5. The maximum atomic E-state index is 12.7. The van der Waals surface area contributed by atoms with Crippen LogP contribution in [0.4, 0.5) is 0 Å². The lowest BCUT2D eigenvalue weighted by atomic mass is 10.2. The summed E-state index contributed by atoms with van der Waals surface area (Å²) in [5.74, 6) is 0. The van der Waals surface area contributed by atoms with Gasteiger partial charge in [0.05, 0.1) is 23.5 Å². The van der Waals surface area contributed by atoms with Crippen LogP contribution in [0.3, 0.4) is 0 Å². The van der Waals surface area contributed by atoms with Gasteiger partial charge in [-0.05, 0) is 25.0 Å². The zero-order valence-electron chi connectivity index (χ0n) is 14.3. The standard InChI is InChI=1S/C18H20N4O2S2/c23-26(24,22-9-2-1-3-10-22)16-6-4-15(5-7-16)17-13-25-18(20-17)12-21-11-8-19-14-21/h4-8,11,13-14H,1-3,9-10,12H2. The van der Waals surface area contributed by atoms with E-state index in [1.165, 1.54) is 0 Å². The van der Waals surface area contributed by atoms with Crippen molar-refractivity contribution in [1.82, 2.24) is 18.8 Å². The van der Waals surface area contributed by atoms with Crippen molar-refractivity contribution in [3.8, 4) is 11.3 Å². The molecule has 2 aromatic heterocycles. The number of aromatic nitrogens is 3. The number of thiazole rings is 1. The molecule has 0 bridgehead atoms. The average molecular weight is 389 g/mol. The van der Waals surface area contributed by atoms with Gasteiger partial charge < -0.3 is 4.57 Å². The largest absolute Gasteiger partial charge is 0.331 e. The molecule has 3 heterocycles. The van der Waals surface area contributed by atoms with E-state index in [4.69, 9.17) is 0 Å². The van der Waals surface area contributed by atoms with E-state index in [0.717, 1.165) is 35.5 Å². The van der Waals surface area contributed by atoms with Gasteiger partial charge in [-0.1, -0.05) is 18.6 Å². The Hall–Kier alpha value is -2.03. The maximum Gasteiger partial charge on any atom is 0.243 e. The van der Waals surface area contributed by atoms with Crippen molar-refractivity contribution in [2.75, 3.05) is 13.1 Å². The van der Waals surface area contributed by atoms with Crippen LogP contribution in [0.1, 0.15) is 24.3 Å². The van der Waals surface area contributed by atoms with E-state index in [1.807, 2.05) is 28.3 Å². The van der Waals surface area contributed by atoms with Gasteiger partial charge in [-0.25, -0.2) is 18.4 Å². The number of rotatable bonds is 5. The minimum Gasteiger partial charge on any atom is -0.331 e. The predicted octanol–water partition coefficient (Wildman–Crippen LogP) is 3.23. The molecule has 0 unspecified atom stereocenters. The summed E-state index contributed by atoms with van der Waals surface area (Å²) < 4.78 is 29.0. The van der Waals surface area contributed by atoms with Crippen LogP contribution in [0.2, 0.25) is 0 Å². The van der Waals surface area contributed by atoms with Crippen molar-refractivity contribution in [3.63, 3.8) is 0 Å². The highest BCUT2D eigenvalue weighted by molar-refractivity contribution is 7.89. The molecule has 0 aliphatic carbocycles. The number of sulfonamides is 1. The minimum atomic E-state index is -3.38. The quantitative estimate of drug-likeness (QED) is 0.673. The van der Waals surface area contributed by atoms with Crippen LogP contribution in [0.5, 0.6) is 0 Å². The molecule has 3 aromatic rings. The van der Waals surface area contributed by atoms with Crippen LogP contribution < -0.4 is 0 Å². The van der Waals surface area contributed by atoms with Crippen molar-refractivity contribution in [1.29, 1.82) is 0 Å². The van der Waals surface area contributed by atoms with E-state index in [1.54, 1.807) is 40.3 Å². The fourth-order valence-corrected chi connectivity index (χ4v) is 5.43. The van der Waals surface area contributed by atoms with Crippen LogP contribution in [0, 0.1) is 0 Å². The number of piperidine rings is 1. The first-order chi connectivity index (χ1) is 12.6. The molecule has 1 fully saturated rings. The summed E-state index contributed by atoms with van der Waals surface area (Å²) in [7, 11) is -3.38. The molecule has 136 valence electrons. The van der Waals surface area contributed by atoms with Gasteiger partial charge in [0.25, 0.3) is 0 Å². The summed E-state index contributed by atoms with van der Waals surface area (Å²) in [6.07, 6.45) is 8.40. The van der Waals surface area contributed by atoms with Gasteiger partial charge in [-0.3, -0.25) is 0 Å². The van der Waals surface area contributed by atoms with Gasteiger partial charge in [0.15, 0.2) is 0 Å². The number of nitrogens with zero attached hydrogens (tertiary/aromatic N) is 4. The number of imidazole rings is 1. The molecule has 4 rings (SSSR count). The first-order valence-corrected chi connectivity index (χ1v) is 11.0. The predicted molar refractivity (Wildman–Crippen MR) is 101 cm³/mol. The zero-order valence-corrected chi connectivity index (χ0v) is 15.9. The SMILES string of the molecule is O=S(=O)(c1ccc(-c2csc(Cn3ccnc3)n2)cc1)N1CCCCC1. The Morgan fingerprint density at radius 2 is 1.85 bits per heavy atom. The van der Waals surface area contributed by atoms with Crippen LogP contribution in [0.25, 0.3) is 11.3 Å². The van der Waals surface area contributed by atoms with Gasteiger partial charge in [-0.2, -0.15) is 4.31 Å². The third-order valence-corrected chi connectivity index (χ3v) is 7.28. The van der Waals surface area contributed by atoms with Crippen molar-refractivity contribution in [3.05, 3.63) is 53.4 Å². The molecular weight excluding hydrogens is 368 g/mol. The Morgan fingerprint density at radius 3 is 2.54 bits per heavy atom. The van der Waals surface area contributed by atoms with E-state index in [9.17, 15) is 8.42 Å². The van der Waals surface area contributed by atoms with Crippen molar-refractivity contribution in [2.45, 2.75) is 30.7 Å². The minimum absolute atomic E-state index is 0.358. The van der Waals surface area contributed by atoms with Crippen LogP contribution in [-0.2, 0) is 16.6 Å². The molecule has 26 heavy (non-hydrogen) atoms. The molecule has 6 nitrogen and oxygen atoms in total. The van der Waals surface area contributed by atoms with E-state index >= 15 is 0 Å². The second-order valence-corrected chi connectivity index (χ2v) is 9.23. The Labute approximate surface area is 157 Å². The average Bonchev–Trinajstić information content (AvgIpc) is 3.35. The van der Waals surface area contributed by atoms with Crippen LogP contribution in [0.15, 0.2) is 53.3 Å². The van der Waals surface area contributed by atoms with Gasteiger partial charge in [0, 0.05) is 36.4 Å². The Balaban J connectivity index is 1.52. The van der Waals surface area contributed by atoms with E-state index in [2.05, 4.69) is 9.97 Å². The first-order valence-electron chi connectivity index (χ1n) is 8.64. The Bertz CT molecular complexity index is 957. The fourth-order valence-electron chi connectivity index (χ4n) is 3.10. The Morgan fingerprint density at radius 1 is 1.08 bits per heavy atom. The molecule has 0 radical (unpaired) electrons. The highest BCUT2D eigenvalue weighted by atomic mass is 32.2. The Kier molecular flexibility index (Phi) is 4.88. The first kappa shape index (κ1) is 17.4. The van der Waals surface area contributed by atoms with Gasteiger partial charge in [0.2, 0.25) is 10.0 Å². The number of benzene rings is 1. The molecule has 0 spiro atoms. The number of hydrogen-bond donors (Lipinski definition) is 0. The fraction of sp³-hybridized carbons (Fsp3) is 0.333.